The van der Waals surface area contributed by atoms with Gasteiger partial charge in [0.15, 0.2) is 5.96 Å². The lowest BCUT2D eigenvalue weighted by Crippen LogP contribution is -2.41. The van der Waals surface area contributed by atoms with Crippen LogP contribution >= 0.6 is 24.0 Å². The molecule has 0 unspecified atom stereocenters. The van der Waals surface area contributed by atoms with E-state index in [9.17, 15) is 0 Å². The first-order chi connectivity index (χ1) is 10.5. The first-order valence-electron chi connectivity index (χ1n) is 8.30. The Morgan fingerprint density at radius 2 is 1.91 bits per heavy atom. The molecule has 1 aromatic heterocycles. The number of nitrogens with zero attached hydrogens (tertiary/aromatic N) is 4. The Kier molecular flexibility index (Phi) is 12.1. The lowest BCUT2D eigenvalue weighted by Gasteiger charge is -2.29. The van der Waals surface area contributed by atoms with Gasteiger partial charge in [-0.05, 0) is 40.7 Å². The van der Waals surface area contributed by atoms with E-state index in [0.29, 0.717) is 12.1 Å². The fourth-order valence-corrected chi connectivity index (χ4v) is 2.45. The fraction of sp³-hybridized carbons (Fsp3) is 0.750. The van der Waals surface area contributed by atoms with Crippen molar-refractivity contribution in [3.8, 4) is 0 Å². The van der Waals surface area contributed by atoms with E-state index in [1.807, 2.05) is 16.9 Å². The summed E-state index contributed by atoms with van der Waals surface area (Å²) in [5.74, 6) is 0.877. The van der Waals surface area contributed by atoms with Gasteiger partial charge in [0.05, 0.1) is 13.1 Å². The number of nitrogens with one attached hydrogen (secondary N) is 2. The van der Waals surface area contributed by atoms with E-state index < -0.39 is 0 Å². The van der Waals surface area contributed by atoms with Crippen molar-refractivity contribution in [1.82, 2.24) is 25.3 Å². The van der Waals surface area contributed by atoms with Crippen molar-refractivity contribution in [1.29, 1.82) is 0 Å². The highest BCUT2D eigenvalue weighted by atomic mass is 127. The summed E-state index contributed by atoms with van der Waals surface area (Å²) in [6.07, 6.45) is 3.76. The number of halogens is 1. The van der Waals surface area contributed by atoms with Crippen LogP contribution in [0.4, 0.5) is 0 Å². The maximum atomic E-state index is 4.66. The molecule has 0 saturated heterocycles. The van der Waals surface area contributed by atoms with Crippen molar-refractivity contribution in [2.24, 2.45) is 4.99 Å². The average molecular weight is 436 g/mol. The lowest BCUT2D eigenvalue weighted by molar-refractivity contribution is 0.181. The van der Waals surface area contributed by atoms with Crippen molar-refractivity contribution in [3.63, 3.8) is 0 Å². The summed E-state index contributed by atoms with van der Waals surface area (Å²) >= 11 is 0. The van der Waals surface area contributed by atoms with Crippen molar-refractivity contribution in [3.05, 3.63) is 18.5 Å². The van der Waals surface area contributed by atoms with Crippen molar-refractivity contribution in [2.75, 3.05) is 26.2 Å². The van der Waals surface area contributed by atoms with Crippen molar-refractivity contribution >= 4 is 29.9 Å². The molecule has 0 saturated carbocycles. The largest absolute Gasteiger partial charge is 0.357 e. The van der Waals surface area contributed by atoms with Crippen LogP contribution in [0.1, 0.15) is 34.6 Å². The molecule has 0 aliphatic rings. The number of hydrogen-bond acceptors (Lipinski definition) is 3. The predicted molar refractivity (Wildman–Crippen MR) is 109 cm³/mol. The highest BCUT2D eigenvalue weighted by molar-refractivity contribution is 14.0. The number of aromatic nitrogens is 2. The van der Waals surface area contributed by atoms with Crippen molar-refractivity contribution in [2.45, 2.75) is 53.2 Å². The van der Waals surface area contributed by atoms with Gasteiger partial charge in [0, 0.05) is 44.1 Å². The van der Waals surface area contributed by atoms with Gasteiger partial charge in [-0.15, -0.1) is 24.0 Å². The minimum atomic E-state index is 0. The van der Waals surface area contributed by atoms with Crippen LogP contribution in [0.25, 0.3) is 0 Å². The molecule has 23 heavy (non-hydrogen) atoms. The summed E-state index contributed by atoms with van der Waals surface area (Å²) in [7, 11) is 0. The first-order valence-corrected chi connectivity index (χ1v) is 8.30. The maximum Gasteiger partial charge on any atom is 0.191 e. The summed E-state index contributed by atoms with van der Waals surface area (Å²) in [6.45, 7) is 15.3. The molecule has 1 aromatic rings. The second-order valence-electron chi connectivity index (χ2n) is 5.88. The molecule has 0 atom stereocenters. The van der Waals surface area contributed by atoms with E-state index in [1.165, 1.54) is 0 Å². The summed E-state index contributed by atoms with van der Waals surface area (Å²) in [5, 5.41) is 10.8. The predicted octanol–water partition coefficient (Wildman–Crippen LogP) is 2.18. The van der Waals surface area contributed by atoms with E-state index in [4.69, 9.17) is 0 Å². The number of rotatable bonds is 9. The molecule has 7 heteroatoms. The Labute approximate surface area is 158 Å². The van der Waals surface area contributed by atoms with Gasteiger partial charge >= 0.3 is 0 Å². The number of aliphatic imine (C=N–C) groups is 1. The Bertz CT molecular complexity index is 408. The molecule has 2 N–H and O–H groups in total. The summed E-state index contributed by atoms with van der Waals surface area (Å²) in [4.78, 5) is 7.12. The quantitative estimate of drug-likeness (QED) is 0.354. The lowest BCUT2D eigenvalue weighted by atomic mass is 10.2. The second-order valence-corrected chi connectivity index (χ2v) is 5.88. The molecule has 0 radical (unpaired) electrons. The van der Waals surface area contributed by atoms with Gasteiger partial charge in [-0.3, -0.25) is 14.6 Å². The van der Waals surface area contributed by atoms with Crippen LogP contribution in [0.15, 0.2) is 23.5 Å². The van der Waals surface area contributed by atoms with Gasteiger partial charge in [-0.25, -0.2) is 0 Å². The summed E-state index contributed by atoms with van der Waals surface area (Å²) in [5.41, 5.74) is 0. The second kappa shape index (κ2) is 12.6. The number of guanidine groups is 1. The molecule has 0 aromatic carbocycles. The van der Waals surface area contributed by atoms with Gasteiger partial charge < -0.3 is 10.6 Å². The summed E-state index contributed by atoms with van der Waals surface area (Å²) < 4.78 is 1.91. The van der Waals surface area contributed by atoms with Gasteiger partial charge in [0.2, 0.25) is 0 Å². The third-order valence-electron chi connectivity index (χ3n) is 3.49. The topological polar surface area (TPSA) is 57.5 Å². The third kappa shape index (κ3) is 9.14. The maximum absolute atomic E-state index is 4.66. The zero-order valence-corrected chi connectivity index (χ0v) is 17.4. The zero-order chi connectivity index (χ0) is 16.4. The van der Waals surface area contributed by atoms with E-state index in [0.717, 1.165) is 38.7 Å². The van der Waals surface area contributed by atoms with E-state index in [-0.39, 0.29) is 24.0 Å². The molecular weight excluding hydrogens is 403 g/mol. The highest BCUT2D eigenvalue weighted by Crippen LogP contribution is 2.03. The van der Waals surface area contributed by atoms with Gasteiger partial charge in [0.25, 0.3) is 0 Å². The van der Waals surface area contributed by atoms with Crippen LogP contribution in [0.2, 0.25) is 0 Å². The Morgan fingerprint density at radius 3 is 2.43 bits per heavy atom. The molecule has 0 aliphatic carbocycles. The molecular formula is C16H33IN6. The van der Waals surface area contributed by atoms with Gasteiger partial charge in [-0.2, -0.15) is 5.10 Å². The smallest absolute Gasteiger partial charge is 0.191 e. The molecule has 1 heterocycles. The summed E-state index contributed by atoms with van der Waals surface area (Å²) in [6, 6.07) is 3.03. The third-order valence-corrected chi connectivity index (χ3v) is 3.49. The molecule has 134 valence electrons. The molecule has 6 nitrogen and oxygen atoms in total. The van der Waals surface area contributed by atoms with E-state index in [2.05, 4.69) is 60.2 Å². The standard InChI is InChI=1S/C16H32N6.HI/c1-6-17-16(18-9-12-21-11-7-8-20-21)19-10-13-22(14(2)3)15(4)5;/h7-8,11,14-15H,6,9-10,12-13H2,1-5H3,(H2,17,18,19);1H. The Balaban J connectivity index is 0.00000484. The van der Waals surface area contributed by atoms with Crippen LogP contribution in [-0.4, -0.2) is 58.9 Å². The molecule has 0 fully saturated rings. The monoisotopic (exact) mass is 436 g/mol. The zero-order valence-electron chi connectivity index (χ0n) is 15.1. The molecule has 1 rings (SSSR count). The van der Waals surface area contributed by atoms with Crippen LogP contribution in [0, 0.1) is 0 Å². The first kappa shape index (κ1) is 22.2. The molecule has 0 bridgehead atoms. The fourth-order valence-electron chi connectivity index (χ4n) is 2.45. The average Bonchev–Trinajstić information content (AvgIpc) is 2.95. The highest BCUT2D eigenvalue weighted by Gasteiger charge is 2.12. The normalized spacial score (nSPS) is 11.9. The van der Waals surface area contributed by atoms with Crippen LogP contribution in [0.5, 0.6) is 0 Å². The van der Waals surface area contributed by atoms with E-state index >= 15 is 0 Å². The Hall–Kier alpha value is -0.830. The molecule has 0 spiro atoms. The molecule has 0 amide bonds. The Morgan fingerprint density at radius 1 is 1.22 bits per heavy atom. The van der Waals surface area contributed by atoms with Gasteiger partial charge in [0.1, 0.15) is 0 Å². The van der Waals surface area contributed by atoms with Gasteiger partial charge in [-0.1, -0.05) is 0 Å². The van der Waals surface area contributed by atoms with Crippen LogP contribution in [-0.2, 0) is 6.54 Å². The number of hydrogen-bond donors (Lipinski definition) is 2. The van der Waals surface area contributed by atoms with Crippen LogP contribution in [0.3, 0.4) is 0 Å². The van der Waals surface area contributed by atoms with E-state index in [1.54, 1.807) is 6.20 Å². The van der Waals surface area contributed by atoms with Crippen LogP contribution < -0.4 is 10.6 Å². The minimum Gasteiger partial charge on any atom is -0.357 e. The van der Waals surface area contributed by atoms with Crippen molar-refractivity contribution < 1.29 is 0 Å². The SMILES string of the molecule is CCNC(=NCCN(C(C)C)C(C)C)NCCn1cccn1.I. The minimum absolute atomic E-state index is 0. The molecule has 0 aliphatic heterocycles.